The first-order valence-electron chi connectivity index (χ1n) is 17.6. The van der Waals surface area contributed by atoms with E-state index in [1.165, 1.54) is 10.9 Å². The lowest BCUT2D eigenvalue weighted by molar-refractivity contribution is 1.11. The molecule has 0 saturated heterocycles. The molecule has 7 aromatic carbocycles. The average Bonchev–Trinajstić information content (AvgIpc) is 3.81. The number of hydrogen-bond acceptors (Lipinski definition) is 2. The number of nitrogens with zero attached hydrogens (tertiary/aromatic N) is 4. The van der Waals surface area contributed by atoms with E-state index in [0.717, 1.165) is 78.3 Å². The second-order valence-electron chi connectivity index (χ2n) is 13.1. The molecule has 0 fully saturated rings. The molecule has 3 aromatic heterocycles. The average molecular weight is 665 g/mol. The topological polar surface area (TPSA) is 35.6 Å². The maximum Gasteiger partial charge on any atom is 0.0973 e. The molecule has 0 aliphatic rings. The van der Waals surface area contributed by atoms with E-state index in [9.17, 15) is 0 Å². The van der Waals surface area contributed by atoms with Gasteiger partial charge in [0.2, 0.25) is 0 Å². The van der Waals surface area contributed by atoms with E-state index in [4.69, 9.17) is 9.97 Å². The smallest absolute Gasteiger partial charge is 0.0973 e. The summed E-state index contributed by atoms with van der Waals surface area (Å²) in [6, 6.07) is 68.4. The number of fused-ring (bicyclic) bond motifs is 4. The normalized spacial score (nSPS) is 11.5. The summed E-state index contributed by atoms with van der Waals surface area (Å²) in [6.07, 6.45) is 0. The van der Waals surface area contributed by atoms with Crippen LogP contribution in [0.25, 0.3) is 89.2 Å². The molecular weight excluding hydrogens is 633 g/mol. The zero-order valence-corrected chi connectivity index (χ0v) is 28.3. The van der Waals surface area contributed by atoms with Crippen LogP contribution in [0.4, 0.5) is 0 Å². The molecule has 52 heavy (non-hydrogen) atoms. The van der Waals surface area contributed by atoms with Crippen molar-refractivity contribution < 1.29 is 0 Å². The van der Waals surface area contributed by atoms with Gasteiger partial charge >= 0.3 is 0 Å². The van der Waals surface area contributed by atoms with Crippen molar-refractivity contribution >= 4 is 32.8 Å². The van der Waals surface area contributed by atoms with Gasteiger partial charge in [-0.25, -0.2) is 9.97 Å². The highest BCUT2D eigenvalue weighted by atomic mass is 15.1. The lowest BCUT2D eigenvalue weighted by Crippen LogP contribution is -2.02. The molecule has 0 N–H and O–H groups in total. The molecule has 0 aliphatic heterocycles. The van der Waals surface area contributed by atoms with Gasteiger partial charge in [0, 0.05) is 33.3 Å². The standard InChI is InChI=1S/C48H32N4/c1-6-16-33(17-7-1)43-30-37-26-27-38-31-44(34-18-8-2-9-19-34)52(48(38)47(37)51(43)39-24-14-5-15-25-39)40-28-29-41-42(32-40)50-46(36-22-12-4-13-23-36)45(49-41)35-20-10-3-11-21-35/h1-32H. The molecule has 0 atom stereocenters. The Bertz CT molecular complexity index is 2860. The van der Waals surface area contributed by atoms with Crippen LogP contribution in [0.5, 0.6) is 0 Å². The van der Waals surface area contributed by atoms with Crippen molar-refractivity contribution in [3.8, 4) is 56.4 Å². The van der Waals surface area contributed by atoms with Gasteiger partial charge in [0.05, 0.1) is 44.8 Å². The van der Waals surface area contributed by atoms with Gasteiger partial charge < -0.3 is 9.13 Å². The van der Waals surface area contributed by atoms with E-state index < -0.39 is 0 Å². The summed E-state index contributed by atoms with van der Waals surface area (Å²) in [6.45, 7) is 0. The Morgan fingerprint density at radius 1 is 0.308 bits per heavy atom. The number of benzene rings is 7. The fourth-order valence-electron chi connectivity index (χ4n) is 7.51. The van der Waals surface area contributed by atoms with E-state index in [0.29, 0.717) is 0 Å². The highest BCUT2D eigenvalue weighted by Crippen LogP contribution is 2.41. The largest absolute Gasteiger partial charge is 0.307 e. The Morgan fingerprint density at radius 3 is 1.19 bits per heavy atom. The number of aromatic nitrogens is 4. The van der Waals surface area contributed by atoms with Crippen LogP contribution < -0.4 is 0 Å². The molecule has 0 unspecified atom stereocenters. The summed E-state index contributed by atoms with van der Waals surface area (Å²) >= 11 is 0. The van der Waals surface area contributed by atoms with Crippen molar-refractivity contribution in [1.82, 2.24) is 19.1 Å². The molecule has 0 radical (unpaired) electrons. The molecule has 0 spiro atoms. The second-order valence-corrected chi connectivity index (χ2v) is 13.1. The molecule has 10 rings (SSSR count). The van der Waals surface area contributed by atoms with Gasteiger partial charge in [-0.05, 0) is 53.6 Å². The Kier molecular flexibility index (Phi) is 7.10. The molecule has 10 aromatic rings. The number of rotatable bonds is 6. The highest BCUT2D eigenvalue weighted by molar-refractivity contribution is 6.10. The number of hydrogen-bond donors (Lipinski definition) is 0. The summed E-state index contributed by atoms with van der Waals surface area (Å²) in [5, 5.41) is 2.34. The Morgan fingerprint density at radius 2 is 0.712 bits per heavy atom. The third-order valence-corrected chi connectivity index (χ3v) is 9.88. The van der Waals surface area contributed by atoms with Gasteiger partial charge in [-0.3, -0.25) is 0 Å². The van der Waals surface area contributed by atoms with E-state index in [-0.39, 0.29) is 0 Å². The zero-order chi connectivity index (χ0) is 34.4. The van der Waals surface area contributed by atoms with Crippen molar-refractivity contribution in [3.63, 3.8) is 0 Å². The first-order valence-corrected chi connectivity index (χ1v) is 17.6. The Balaban J connectivity index is 1.29. The molecule has 4 nitrogen and oxygen atoms in total. The van der Waals surface area contributed by atoms with Crippen LogP contribution in [0.3, 0.4) is 0 Å². The van der Waals surface area contributed by atoms with Crippen LogP contribution >= 0.6 is 0 Å². The van der Waals surface area contributed by atoms with Crippen LogP contribution in [0.2, 0.25) is 0 Å². The molecule has 0 saturated carbocycles. The third kappa shape index (κ3) is 5.00. The van der Waals surface area contributed by atoms with Crippen LogP contribution in [-0.2, 0) is 0 Å². The van der Waals surface area contributed by atoms with E-state index in [1.807, 2.05) is 12.1 Å². The Labute approximate surface area is 301 Å². The van der Waals surface area contributed by atoms with Gasteiger partial charge in [-0.2, -0.15) is 0 Å². The van der Waals surface area contributed by atoms with Crippen molar-refractivity contribution in [1.29, 1.82) is 0 Å². The maximum atomic E-state index is 5.37. The fraction of sp³-hybridized carbons (Fsp3) is 0. The molecule has 0 amide bonds. The molecule has 0 aliphatic carbocycles. The minimum Gasteiger partial charge on any atom is -0.307 e. The van der Waals surface area contributed by atoms with Crippen molar-refractivity contribution in [2.45, 2.75) is 0 Å². The summed E-state index contributed by atoms with van der Waals surface area (Å²) in [4.78, 5) is 10.6. The third-order valence-electron chi connectivity index (χ3n) is 9.88. The van der Waals surface area contributed by atoms with E-state index in [2.05, 4.69) is 191 Å². The van der Waals surface area contributed by atoms with Crippen LogP contribution in [-0.4, -0.2) is 19.1 Å². The first-order chi connectivity index (χ1) is 25.8. The van der Waals surface area contributed by atoms with Crippen LogP contribution in [0, 0.1) is 0 Å². The number of para-hydroxylation sites is 1. The second kappa shape index (κ2) is 12.4. The van der Waals surface area contributed by atoms with Crippen molar-refractivity contribution in [2.24, 2.45) is 0 Å². The zero-order valence-electron chi connectivity index (χ0n) is 28.3. The lowest BCUT2D eigenvalue weighted by Gasteiger charge is -2.16. The van der Waals surface area contributed by atoms with Gasteiger partial charge in [-0.1, -0.05) is 152 Å². The van der Waals surface area contributed by atoms with Crippen LogP contribution in [0.1, 0.15) is 0 Å². The SMILES string of the molecule is c1ccc(-c2nc3ccc(-n4c(-c5ccccc5)cc5ccc6cc(-c7ccccc7)n(-c7ccccc7)c6c54)cc3nc2-c2ccccc2)cc1. The van der Waals surface area contributed by atoms with Crippen molar-refractivity contribution in [2.75, 3.05) is 0 Å². The van der Waals surface area contributed by atoms with Gasteiger partial charge in [-0.15, -0.1) is 0 Å². The first kappa shape index (κ1) is 29.8. The van der Waals surface area contributed by atoms with Gasteiger partial charge in [0.1, 0.15) is 0 Å². The predicted molar refractivity (Wildman–Crippen MR) is 215 cm³/mol. The summed E-state index contributed by atoms with van der Waals surface area (Å²) < 4.78 is 4.83. The van der Waals surface area contributed by atoms with Gasteiger partial charge in [0.15, 0.2) is 0 Å². The molecule has 3 heterocycles. The van der Waals surface area contributed by atoms with Crippen molar-refractivity contribution in [3.05, 3.63) is 194 Å². The summed E-state index contributed by atoms with van der Waals surface area (Å²) in [5.74, 6) is 0. The van der Waals surface area contributed by atoms with E-state index >= 15 is 0 Å². The lowest BCUT2D eigenvalue weighted by atomic mass is 10.0. The molecule has 4 heteroatoms. The predicted octanol–water partition coefficient (Wildman–Crippen LogP) is 12.2. The molecular formula is C48H32N4. The summed E-state index contributed by atoms with van der Waals surface area (Å²) in [7, 11) is 0. The molecule has 244 valence electrons. The van der Waals surface area contributed by atoms with E-state index in [1.54, 1.807) is 0 Å². The highest BCUT2D eigenvalue weighted by Gasteiger charge is 2.22. The quantitative estimate of drug-likeness (QED) is 0.177. The maximum absolute atomic E-state index is 5.37. The summed E-state index contributed by atoms with van der Waals surface area (Å²) in [5.41, 5.74) is 14.5. The van der Waals surface area contributed by atoms with Gasteiger partial charge in [0.25, 0.3) is 0 Å². The Hall–Kier alpha value is -7.04. The molecule has 0 bridgehead atoms. The van der Waals surface area contributed by atoms with Crippen LogP contribution in [0.15, 0.2) is 194 Å². The minimum atomic E-state index is 0.840. The monoisotopic (exact) mass is 664 g/mol. The minimum absolute atomic E-state index is 0.840. The fourth-order valence-corrected chi connectivity index (χ4v) is 7.51.